The number of aryl methyl sites for hydroxylation is 1. The lowest BCUT2D eigenvalue weighted by Gasteiger charge is -2.14. The molecule has 0 bridgehead atoms. The molecule has 1 N–H and O–H groups in total. The van der Waals surface area contributed by atoms with Crippen molar-refractivity contribution in [3.63, 3.8) is 0 Å². The summed E-state index contributed by atoms with van der Waals surface area (Å²) in [6.07, 6.45) is 2.18. The zero-order chi connectivity index (χ0) is 11.2. The number of rotatable bonds is 4. The predicted molar refractivity (Wildman–Crippen MR) is 65.6 cm³/mol. The van der Waals surface area contributed by atoms with Crippen LogP contribution in [-0.2, 0) is 11.2 Å². The van der Waals surface area contributed by atoms with Gasteiger partial charge in [-0.15, -0.1) is 0 Å². The minimum absolute atomic E-state index is 0.400. The predicted octanol–water partition coefficient (Wildman–Crippen LogP) is 1.98. The first-order valence-electron chi connectivity index (χ1n) is 5.82. The van der Waals surface area contributed by atoms with Gasteiger partial charge in [-0.2, -0.15) is 0 Å². The molecule has 3 heteroatoms. The SMILES string of the molecule is C[C@H](CCc1ccccc1)NC1=NCCO1. The molecular formula is C13H18N2O. The van der Waals surface area contributed by atoms with E-state index in [-0.39, 0.29) is 0 Å². The summed E-state index contributed by atoms with van der Waals surface area (Å²) in [5.41, 5.74) is 1.38. The van der Waals surface area contributed by atoms with Crippen LogP contribution < -0.4 is 5.32 Å². The van der Waals surface area contributed by atoms with Gasteiger partial charge in [-0.25, -0.2) is 4.99 Å². The van der Waals surface area contributed by atoms with Gasteiger partial charge in [0.05, 0.1) is 6.54 Å². The summed E-state index contributed by atoms with van der Waals surface area (Å²) in [7, 11) is 0. The van der Waals surface area contributed by atoms with Gasteiger partial charge in [0.2, 0.25) is 0 Å². The molecule has 1 aliphatic heterocycles. The van der Waals surface area contributed by atoms with E-state index in [0.717, 1.165) is 19.4 Å². The number of nitrogens with zero attached hydrogens (tertiary/aromatic N) is 1. The van der Waals surface area contributed by atoms with E-state index in [9.17, 15) is 0 Å². The summed E-state index contributed by atoms with van der Waals surface area (Å²) in [5.74, 6) is 0. The van der Waals surface area contributed by atoms with Crippen molar-refractivity contribution in [3.05, 3.63) is 35.9 Å². The number of benzene rings is 1. The molecule has 1 aromatic rings. The largest absolute Gasteiger partial charge is 0.463 e. The number of amidine groups is 1. The second kappa shape index (κ2) is 5.54. The Kier molecular flexibility index (Phi) is 3.81. The van der Waals surface area contributed by atoms with Crippen LogP contribution in [0.25, 0.3) is 0 Å². The van der Waals surface area contributed by atoms with E-state index in [1.165, 1.54) is 5.56 Å². The molecule has 0 aromatic heterocycles. The summed E-state index contributed by atoms with van der Waals surface area (Å²) in [5, 5.41) is 3.28. The molecule has 0 saturated carbocycles. The molecule has 1 aliphatic rings. The Bertz CT molecular complexity index is 348. The fourth-order valence-electron chi connectivity index (χ4n) is 1.73. The number of hydrogen-bond acceptors (Lipinski definition) is 3. The van der Waals surface area contributed by atoms with Crippen LogP contribution in [0.5, 0.6) is 0 Å². The fraction of sp³-hybridized carbons (Fsp3) is 0.462. The Balaban J connectivity index is 1.73. The van der Waals surface area contributed by atoms with Crippen molar-refractivity contribution in [2.75, 3.05) is 13.2 Å². The lowest BCUT2D eigenvalue weighted by Crippen LogP contribution is -2.33. The number of hydrogen-bond donors (Lipinski definition) is 1. The van der Waals surface area contributed by atoms with Crippen LogP contribution >= 0.6 is 0 Å². The summed E-state index contributed by atoms with van der Waals surface area (Å²) in [6, 6.07) is 11.6. The third kappa shape index (κ3) is 3.26. The Hall–Kier alpha value is -1.51. The van der Waals surface area contributed by atoms with Gasteiger partial charge in [0.1, 0.15) is 6.61 Å². The van der Waals surface area contributed by atoms with Crippen molar-refractivity contribution in [1.82, 2.24) is 5.32 Å². The molecule has 0 fully saturated rings. The first kappa shape index (κ1) is 11.0. The monoisotopic (exact) mass is 218 g/mol. The van der Waals surface area contributed by atoms with E-state index in [1.54, 1.807) is 0 Å². The summed E-state index contributed by atoms with van der Waals surface area (Å²) >= 11 is 0. The molecule has 1 atom stereocenters. The zero-order valence-electron chi connectivity index (χ0n) is 9.65. The highest BCUT2D eigenvalue weighted by molar-refractivity contribution is 5.75. The summed E-state index contributed by atoms with van der Waals surface area (Å²) in [6.45, 7) is 3.66. The second-order valence-electron chi connectivity index (χ2n) is 4.10. The standard InChI is InChI=1S/C13H18N2O/c1-11(15-13-14-9-10-16-13)7-8-12-5-3-2-4-6-12/h2-6,11H,7-10H2,1H3,(H,14,15)/t11-/m1/s1. The van der Waals surface area contributed by atoms with Crippen LogP contribution in [0.2, 0.25) is 0 Å². The molecule has 0 spiro atoms. The van der Waals surface area contributed by atoms with E-state index < -0.39 is 0 Å². The van der Waals surface area contributed by atoms with Crippen molar-refractivity contribution in [2.24, 2.45) is 4.99 Å². The third-order valence-corrected chi connectivity index (χ3v) is 2.66. The molecule has 3 nitrogen and oxygen atoms in total. The van der Waals surface area contributed by atoms with E-state index in [0.29, 0.717) is 18.7 Å². The van der Waals surface area contributed by atoms with Gasteiger partial charge in [0, 0.05) is 6.04 Å². The normalized spacial score (nSPS) is 16.4. The van der Waals surface area contributed by atoms with Crippen LogP contribution in [0, 0.1) is 0 Å². The highest BCUT2D eigenvalue weighted by atomic mass is 16.5. The van der Waals surface area contributed by atoms with Crippen LogP contribution in [0.3, 0.4) is 0 Å². The summed E-state index contributed by atoms with van der Waals surface area (Å²) in [4.78, 5) is 4.21. The van der Waals surface area contributed by atoms with E-state index in [2.05, 4.69) is 41.5 Å². The maximum atomic E-state index is 5.31. The molecule has 0 aliphatic carbocycles. The number of aliphatic imine (C=N–C) groups is 1. The average Bonchev–Trinajstić information content (AvgIpc) is 2.81. The molecule has 16 heavy (non-hydrogen) atoms. The molecule has 0 radical (unpaired) electrons. The van der Waals surface area contributed by atoms with Crippen molar-refractivity contribution in [3.8, 4) is 0 Å². The highest BCUT2D eigenvalue weighted by Crippen LogP contribution is 2.05. The van der Waals surface area contributed by atoms with Crippen molar-refractivity contribution >= 4 is 6.02 Å². The Morgan fingerprint density at radius 3 is 2.88 bits per heavy atom. The summed E-state index contributed by atoms with van der Waals surface area (Å²) < 4.78 is 5.31. The minimum Gasteiger partial charge on any atom is -0.463 e. The number of nitrogens with one attached hydrogen (secondary N) is 1. The smallest absolute Gasteiger partial charge is 0.284 e. The lowest BCUT2D eigenvalue weighted by molar-refractivity contribution is 0.325. The van der Waals surface area contributed by atoms with Gasteiger partial charge >= 0.3 is 0 Å². The molecule has 0 unspecified atom stereocenters. The molecule has 86 valence electrons. The maximum absolute atomic E-state index is 5.31. The van der Waals surface area contributed by atoms with Crippen molar-refractivity contribution < 1.29 is 4.74 Å². The van der Waals surface area contributed by atoms with Gasteiger partial charge in [-0.1, -0.05) is 30.3 Å². The van der Waals surface area contributed by atoms with Gasteiger partial charge < -0.3 is 10.1 Å². The fourth-order valence-corrected chi connectivity index (χ4v) is 1.73. The first-order valence-corrected chi connectivity index (χ1v) is 5.82. The molecule has 2 rings (SSSR count). The molecule has 1 heterocycles. The highest BCUT2D eigenvalue weighted by Gasteiger charge is 2.10. The maximum Gasteiger partial charge on any atom is 0.284 e. The van der Waals surface area contributed by atoms with Crippen molar-refractivity contribution in [1.29, 1.82) is 0 Å². The zero-order valence-corrected chi connectivity index (χ0v) is 9.65. The molecule has 1 aromatic carbocycles. The minimum atomic E-state index is 0.400. The Morgan fingerprint density at radius 2 is 2.19 bits per heavy atom. The van der Waals surface area contributed by atoms with Gasteiger partial charge in [0.15, 0.2) is 0 Å². The van der Waals surface area contributed by atoms with E-state index >= 15 is 0 Å². The van der Waals surface area contributed by atoms with E-state index in [1.807, 2.05) is 6.07 Å². The first-order chi connectivity index (χ1) is 7.84. The lowest BCUT2D eigenvalue weighted by atomic mass is 10.1. The number of ether oxygens (including phenoxy) is 1. The molecule has 0 saturated heterocycles. The second-order valence-corrected chi connectivity index (χ2v) is 4.10. The quantitative estimate of drug-likeness (QED) is 0.838. The van der Waals surface area contributed by atoms with Gasteiger partial charge in [0.25, 0.3) is 6.02 Å². The Labute approximate surface area is 96.5 Å². The topological polar surface area (TPSA) is 33.6 Å². The van der Waals surface area contributed by atoms with Gasteiger partial charge in [-0.05, 0) is 25.3 Å². The van der Waals surface area contributed by atoms with Crippen LogP contribution in [0.15, 0.2) is 35.3 Å². The van der Waals surface area contributed by atoms with E-state index in [4.69, 9.17) is 4.74 Å². The molecular weight excluding hydrogens is 200 g/mol. The van der Waals surface area contributed by atoms with Crippen LogP contribution in [0.4, 0.5) is 0 Å². The third-order valence-electron chi connectivity index (χ3n) is 2.66. The molecule has 0 amide bonds. The van der Waals surface area contributed by atoms with Gasteiger partial charge in [-0.3, -0.25) is 0 Å². The Morgan fingerprint density at radius 1 is 1.38 bits per heavy atom. The van der Waals surface area contributed by atoms with Crippen LogP contribution in [-0.4, -0.2) is 25.2 Å². The van der Waals surface area contributed by atoms with Crippen LogP contribution in [0.1, 0.15) is 18.9 Å². The average molecular weight is 218 g/mol. The van der Waals surface area contributed by atoms with Crippen molar-refractivity contribution in [2.45, 2.75) is 25.8 Å².